The van der Waals surface area contributed by atoms with Crippen molar-refractivity contribution in [2.45, 2.75) is 129 Å². The molecule has 6 nitrogen and oxygen atoms in total. The second kappa shape index (κ2) is 21.4. The maximum absolute atomic E-state index is 12.2. The Bertz CT molecular complexity index is 631. The fraction of sp³-hybridized carbons (Fsp3) is 0.808. The first-order valence-corrected chi connectivity index (χ1v) is 14.6. The largest absolute Gasteiger partial charge is 0.387 e. The van der Waals surface area contributed by atoms with E-state index in [1.807, 2.05) is 0 Å². The quantitative estimate of drug-likeness (QED) is 0.0970. The number of nitrogens with one attached hydrogen (secondary N) is 1. The molecule has 0 radical (unpaired) electrons. The van der Waals surface area contributed by atoms with Crippen molar-refractivity contribution in [3.8, 4) is 0 Å². The smallest absolute Gasteiger partial charge is 0.267 e. The van der Waals surface area contributed by atoms with Crippen molar-refractivity contribution in [1.82, 2.24) is 5.32 Å². The molecule has 0 saturated carbocycles. The first kappa shape index (κ1) is 31.8. The summed E-state index contributed by atoms with van der Waals surface area (Å²) in [7, 11) is -4.33. The maximum atomic E-state index is 12.2. The van der Waals surface area contributed by atoms with Gasteiger partial charge < -0.3 is 10.4 Å². The number of amides is 1. The molecule has 0 heterocycles. The molecule has 0 fully saturated rings. The highest BCUT2D eigenvalue weighted by atomic mass is 32.2. The van der Waals surface area contributed by atoms with Crippen molar-refractivity contribution in [2.24, 2.45) is 0 Å². The van der Waals surface area contributed by atoms with Gasteiger partial charge in [-0.25, -0.2) is 0 Å². The third kappa shape index (κ3) is 22.4. The molecule has 3 N–H and O–H groups in total. The Morgan fingerprint density at radius 1 is 0.788 bits per heavy atom. The summed E-state index contributed by atoms with van der Waals surface area (Å²) in [6.07, 6.45) is 23.2. The van der Waals surface area contributed by atoms with Crippen LogP contribution < -0.4 is 5.32 Å². The van der Waals surface area contributed by atoms with Crippen LogP contribution in [0, 0.1) is 0 Å². The van der Waals surface area contributed by atoms with E-state index in [4.69, 9.17) is 0 Å². The topological polar surface area (TPSA) is 104 Å². The van der Waals surface area contributed by atoms with Crippen LogP contribution in [0.4, 0.5) is 0 Å². The zero-order valence-corrected chi connectivity index (χ0v) is 21.8. The lowest BCUT2D eigenvalue weighted by Crippen LogP contribution is -2.46. The van der Waals surface area contributed by atoms with E-state index in [2.05, 4.69) is 31.3 Å². The van der Waals surface area contributed by atoms with Crippen LogP contribution in [0.5, 0.6) is 0 Å². The third-order valence-electron chi connectivity index (χ3n) is 5.63. The molecule has 0 aliphatic heterocycles. The van der Waals surface area contributed by atoms with Gasteiger partial charge in [0, 0.05) is 6.42 Å². The Hall–Kier alpha value is -1.18. The van der Waals surface area contributed by atoms with Crippen LogP contribution in [0.2, 0.25) is 0 Å². The SMILES string of the molecule is CCCCCC/C=C/CC/C=C/C(O)C(CS(=O)(=O)O)NC(=O)CCCCCCCCCC. The van der Waals surface area contributed by atoms with Crippen molar-refractivity contribution in [3.63, 3.8) is 0 Å². The van der Waals surface area contributed by atoms with Gasteiger partial charge in [-0.2, -0.15) is 8.42 Å². The van der Waals surface area contributed by atoms with E-state index >= 15 is 0 Å². The number of allylic oxidation sites excluding steroid dienone is 3. The first-order chi connectivity index (χ1) is 15.8. The molecule has 0 spiro atoms. The molecular formula is C26H49NO5S. The molecule has 0 aromatic rings. The summed E-state index contributed by atoms with van der Waals surface area (Å²) >= 11 is 0. The molecule has 194 valence electrons. The molecular weight excluding hydrogens is 438 g/mol. The van der Waals surface area contributed by atoms with E-state index < -0.39 is 28.0 Å². The summed E-state index contributed by atoms with van der Waals surface area (Å²) in [5, 5.41) is 12.9. The lowest BCUT2D eigenvalue weighted by atomic mass is 10.1. The van der Waals surface area contributed by atoms with E-state index in [1.54, 1.807) is 6.08 Å². The van der Waals surface area contributed by atoms with Crippen LogP contribution >= 0.6 is 0 Å². The number of hydrogen-bond acceptors (Lipinski definition) is 4. The molecule has 0 aliphatic carbocycles. The fourth-order valence-corrected chi connectivity index (χ4v) is 4.37. The predicted molar refractivity (Wildman–Crippen MR) is 138 cm³/mol. The normalized spacial score (nSPS) is 14.2. The molecule has 0 saturated heterocycles. The second-order valence-electron chi connectivity index (χ2n) is 8.96. The zero-order chi connectivity index (χ0) is 24.8. The molecule has 0 aromatic carbocycles. The molecule has 2 unspecified atom stereocenters. The van der Waals surface area contributed by atoms with Gasteiger partial charge in [-0.3, -0.25) is 9.35 Å². The Morgan fingerprint density at radius 3 is 1.91 bits per heavy atom. The second-order valence-corrected chi connectivity index (χ2v) is 10.5. The monoisotopic (exact) mass is 487 g/mol. The Labute approximate surface area is 203 Å². The molecule has 2 atom stereocenters. The average molecular weight is 488 g/mol. The number of aliphatic hydroxyl groups excluding tert-OH is 1. The molecule has 0 aliphatic rings. The van der Waals surface area contributed by atoms with E-state index in [0.717, 1.165) is 32.1 Å². The minimum atomic E-state index is -4.33. The highest BCUT2D eigenvalue weighted by molar-refractivity contribution is 7.85. The van der Waals surface area contributed by atoms with E-state index in [1.165, 1.54) is 63.9 Å². The number of hydrogen-bond donors (Lipinski definition) is 3. The molecule has 0 aromatic heterocycles. The van der Waals surface area contributed by atoms with Crippen LogP contribution in [0.15, 0.2) is 24.3 Å². The summed E-state index contributed by atoms with van der Waals surface area (Å²) in [5.74, 6) is -1.01. The molecule has 7 heteroatoms. The van der Waals surface area contributed by atoms with E-state index in [9.17, 15) is 22.9 Å². The van der Waals surface area contributed by atoms with Crippen molar-refractivity contribution < 1.29 is 22.9 Å². The standard InChI is InChI=1S/C26H49NO5S/c1-3-5-7-9-11-13-14-15-17-19-21-25(28)24(23-33(30,31)32)27-26(29)22-20-18-16-12-10-8-6-4-2/h13-14,19,21,24-25,28H,3-12,15-18,20,22-23H2,1-2H3,(H,27,29)(H,30,31,32)/b14-13+,21-19+. The van der Waals surface area contributed by atoms with Crippen LogP contribution in [0.25, 0.3) is 0 Å². The minimum Gasteiger partial charge on any atom is -0.387 e. The Kier molecular flexibility index (Phi) is 20.6. The van der Waals surface area contributed by atoms with Gasteiger partial charge in [0.15, 0.2) is 0 Å². The van der Waals surface area contributed by atoms with Crippen LogP contribution in [-0.2, 0) is 14.9 Å². The van der Waals surface area contributed by atoms with Crippen LogP contribution in [0.1, 0.15) is 117 Å². The Balaban J connectivity index is 4.29. The number of carbonyl (C=O) groups is 1. The average Bonchev–Trinajstić information content (AvgIpc) is 2.75. The number of aliphatic hydroxyl groups is 1. The predicted octanol–water partition coefficient (Wildman–Crippen LogP) is 6.11. The fourth-order valence-electron chi connectivity index (χ4n) is 3.64. The van der Waals surface area contributed by atoms with Gasteiger partial charge in [0.1, 0.15) is 0 Å². The minimum absolute atomic E-state index is 0.288. The number of unbranched alkanes of at least 4 members (excludes halogenated alkanes) is 12. The van der Waals surface area contributed by atoms with Gasteiger partial charge in [0.05, 0.1) is 17.9 Å². The maximum Gasteiger partial charge on any atom is 0.267 e. The highest BCUT2D eigenvalue weighted by Crippen LogP contribution is 2.10. The summed E-state index contributed by atoms with van der Waals surface area (Å²) < 4.78 is 31.9. The van der Waals surface area contributed by atoms with Crippen LogP contribution in [0.3, 0.4) is 0 Å². The summed E-state index contributed by atoms with van der Waals surface area (Å²) in [5.41, 5.74) is 0. The van der Waals surface area contributed by atoms with E-state index in [0.29, 0.717) is 6.42 Å². The van der Waals surface area contributed by atoms with Gasteiger partial charge >= 0.3 is 0 Å². The molecule has 1 amide bonds. The molecule has 33 heavy (non-hydrogen) atoms. The van der Waals surface area contributed by atoms with Gasteiger partial charge in [0.2, 0.25) is 5.91 Å². The van der Waals surface area contributed by atoms with Crippen molar-refractivity contribution in [3.05, 3.63) is 24.3 Å². The molecule has 0 rings (SSSR count). The van der Waals surface area contributed by atoms with Crippen molar-refractivity contribution in [2.75, 3.05) is 5.75 Å². The number of carbonyl (C=O) groups excluding carboxylic acids is 1. The summed E-state index contributed by atoms with van der Waals surface area (Å²) in [6.45, 7) is 4.38. The van der Waals surface area contributed by atoms with Gasteiger partial charge in [-0.1, -0.05) is 102 Å². The van der Waals surface area contributed by atoms with Gasteiger partial charge in [-0.15, -0.1) is 0 Å². The molecule has 0 bridgehead atoms. The van der Waals surface area contributed by atoms with E-state index in [-0.39, 0.29) is 12.3 Å². The summed E-state index contributed by atoms with van der Waals surface area (Å²) in [6, 6.07) is -1.06. The van der Waals surface area contributed by atoms with Crippen molar-refractivity contribution >= 4 is 16.0 Å². The lowest BCUT2D eigenvalue weighted by Gasteiger charge is -2.21. The first-order valence-electron chi connectivity index (χ1n) is 13.0. The summed E-state index contributed by atoms with van der Waals surface area (Å²) in [4.78, 5) is 12.2. The lowest BCUT2D eigenvalue weighted by molar-refractivity contribution is -0.122. The van der Waals surface area contributed by atoms with Gasteiger partial charge in [0.25, 0.3) is 10.1 Å². The van der Waals surface area contributed by atoms with Crippen LogP contribution in [-0.4, -0.2) is 41.9 Å². The Morgan fingerprint density at radius 2 is 1.30 bits per heavy atom. The van der Waals surface area contributed by atoms with Crippen molar-refractivity contribution in [1.29, 1.82) is 0 Å². The highest BCUT2D eigenvalue weighted by Gasteiger charge is 2.24. The number of rotatable bonds is 22. The van der Waals surface area contributed by atoms with Gasteiger partial charge in [-0.05, 0) is 32.1 Å². The zero-order valence-electron chi connectivity index (χ0n) is 21.0. The third-order valence-corrected chi connectivity index (χ3v) is 6.41.